The lowest BCUT2D eigenvalue weighted by Gasteiger charge is -2.18. The number of fused-ring (bicyclic) bond motifs is 2. The third-order valence-electron chi connectivity index (χ3n) is 5.23. The molecule has 0 saturated heterocycles. The van der Waals surface area contributed by atoms with Gasteiger partial charge in [0.05, 0.1) is 16.9 Å². The van der Waals surface area contributed by atoms with E-state index in [1.54, 1.807) is 6.07 Å². The van der Waals surface area contributed by atoms with E-state index in [0.29, 0.717) is 17.8 Å². The van der Waals surface area contributed by atoms with Crippen LogP contribution in [0.2, 0.25) is 0 Å². The van der Waals surface area contributed by atoms with E-state index in [0.717, 1.165) is 21.9 Å². The Kier molecular flexibility index (Phi) is 5.88. The Labute approximate surface area is 178 Å². The van der Waals surface area contributed by atoms with E-state index >= 15 is 0 Å². The monoisotopic (exact) mass is 417 g/mol. The molecule has 158 valence electrons. The van der Waals surface area contributed by atoms with Crippen LogP contribution in [0.1, 0.15) is 18.9 Å². The number of para-hydroxylation sites is 1. The molecule has 0 spiro atoms. The average Bonchev–Trinajstić information content (AvgIpc) is 2.79. The summed E-state index contributed by atoms with van der Waals surface area (Å²) in [7, 11) is 0. The molecule has 0 saturated carbocycles. The van der Waals surface area contributed by atoms with Gasteiger partial charge in [0.15, 0.2) is 0 Å². The number of ether oxygens (including phenoxy) is 1. The van der Waals surface area contributed by atoms with Crippen molar-refractivity contribution >= 4 is 27.7 Å². The zero-order valence-corrected chi connectivity index (χ0v) is 17.4. The summed E-state index contributed by atoms with van der Waals surface area (Å²) in [5.74, 6) is 0.122. The van der Waals surface area contributed by atoms with Crippen LogP contribution in [-0.2, 0) is 11.3 Å². The highest BCUT2D eigenvalue weighted by molar-refractivity contribution is 5.85. The van der Waals surface area contributed by atoms with Gasteiger partial charge < -0.3 is 10.1 Å². The lowest BCUT2D eigenvalue weighted by molar-refractivity contribution is -0.122. The molecule has 2 aromatic carbocycles. The van der Waals surface area contributed by atoms with E-state index in [9.17, 15) is 9.59 Å². The molecule has 0 fully saturated rings. The topological polar surface area (TPSA) is 99.0 Å². The third-order valence-corrected chi connectivity index (χ3v) is 5.23. The summed E-state index contributed by atoms with van der Waals surface area (Å²) in [5, 5.41) is 16.3. The Hall–Kier alpha value is -3.81. The van der Waals surface area contributed by atoms with E-state index in [-0.39, 0.29) is 30.7 Å². The normalized spacial score (nSPS) is 12.1. The van der Waals surface area contributed by atoms with Crippen molar-refractivity contribution in [1.29, 1.82) is 0 Å². The molecule has 31 heavy (non-hydrogen) atoms. The van der Waals surface area contributed by atoms with Gasteiger partial charge in [-0.05, 0) is 42.3 Å². The van der Waals surface area contributed by atoms with E-state index in [1.165, 1.54) is 4.57 Å². The molecule has 1 amide bonds. The highest BCUT2D eigenvalue weighted by Crippen LogP contribution is 2.20. The number of carbonyl (C=O) groups is 1. The minimum Gasteiger partial charge on any atom is -0.474 e. The molecule has 0 aliphatic rings. The second kappa shape index (κ2) is 8.91. The maximum atomic E-state index is 12.7. The summed E-state index contributed by atoms with van der Waals surface area (Å²) in [5.41, 5.74) is 2.12. The van der Waals surface area contributed by atoms with Gasteiger partial charge in [-0.25, -0.2) is 0 Å². The van der Waals surface area contributed by atoms with Gasteiger partial charge in [0.1, 0.15) is 18.7 Å². The number of carbonyl (C=O) groups excluding carboxylic acids is 1. The summed E-state index contributed by atoms with van der Waals surface area (Å²) >= 11 is 0. The van der Waals surface area contributed by atoms with Crippen molar-refractivity contribution in [3.63, 3.8) is 0 Å². The molecule has 8 heteroatoms. The zero-order chi connectivity index (χ0) is 21.8. The highest BCUT2D eigenvalue weighted by Gasteiger charge is 2.15. The summed E-state index contributed by atoms with van der Waals surface area (Å²) < 4.78 is 7.33. The zero-order valence-electron chi connectivity index (χ0n) is 17.4. The SMILES string of the molecule is CC[C@@H](COc1nnnc2ccccc12)NC(=O)Cn1c(=O)cc(C)c2ccccc21. The maximum absolute atomic E-state index is 12.7. The number of hydrogen-bond donors (Lipinski definition) is 1. The van der Waals surface area contributed by atoms with Crippen molar-refractivity contribution in [3.05, 3.63) is 70.5 Å². The van der Waals surface area contributed by atoms with Crippen LogP contribution in [-0.4, -0.2) is 38.5 Å². The predicted molar refractivity (Wildman–Crippen MR) is 118 cm³/mol. The predicted octanol–water partition coefficient (Wildman–Crippen LogP) is 2.62. The first-order valence-electron chi connectivity index (χ1n) is 10.2. The molecule has 1 atom stereocenters. The molecular formula is C23H23N5O3. The van der Waals surface area contributed by atoms with Crippen LogP contribution in [0.15, 0.2) is 59.4 Å². The summed E-state index contributed by atoms with van der Waals surface area (Å²) in [4.78, 5) is 25.2. The van der Waals surface area contributed by atoms with Gasteiger partial charge in [-0.3, -0.25) is 14.2 Å². The van der Waals surface area contributed by atoms with Gasteiger partial charge >= 0.3 is 0 Å². The Morgan fingerprint density at radius 2 is 1.84 bits per heavy atom. The van der Waals surface area contributed by atoms with Crippen LogP contribution < -0.4 is 15.6 Å². The van der Waals surface area contributed by atoms with Crippen molar-refractivity contribution in [2.75, 3.05) is 6.61 Å². The summed E-state index contributed by atoms with van der Waals surface area (Å²) in [6.07, 6.45) is 0.658. The number of aromatic nitrogens is 4. The largest absolute Gasteiger partial charge is 0.474 e. The van der Waals surface area contributed by atoms with Gasteiger partial charge in [-0.15, -0.1) is 5.10 Å². The van der Waals surface area contributed by atoms with E-state index in [1.807, 2.05) is 62.4 Å². The third kappa shape index (κ3) is 4.37. The van der Waals surface area contributed by atoms with E-state index < -0.39 is 0 Å². The second-order valence-electron chi connectivity index (χ2n) is 7.36. The van der Waals surface area contributed by atoms with Crippen LogP contribution in [0.4, 0.5) is 0 Å². The summed E-state index contributed by atoms with van der Waals surface area (Å²) in [6, 6.07) is 16.3. The molecule has 0 bridgehead atoms. The van der Waals surface area contributed by atoms with Gasteiger partial charge in [-0.1, -0.05) is 42.4 Å². The molecule has 0 aliphatic carbocycles. The number of amides is 1. The Morgan fingerprint density at radius 1 is 1.10 bits per heavy atom. The van der Waals surface area contributed by atoms with Crippen LogP contribution in [0.25, 0.3) is 21.8 Å². The van der Waals surface area contributed by atoms with Gasteiger partial charge in [0.25, 0.3) is 5.56 Å². The van der Waals surface area contributed by atoms with Crippen molar-refractivity contribution < 1.29 is 9.53 Å². The number of nitrogens with one attached hydrogen (secondary N) is 1. The fourth-order valence-electron chi connectivity index (χ4n) is 3.54. The van der Waals surface area contributed by atoms with Crippen molar-refractivity contribution in [2.45, 2.75) is 32.9 Å². The van der Waals surface area contributed by atoms with Gasteiger partial charge in [-0.2, -0.15) is 0 Å². The van der Waals surface area contributed by atoms with Crippen LogP contribution in [0, 0.1) is 6.92 Å². The standard InChI is InChI=1S/C23H23N5O3/c1-3-16(14-31-23-18-9-4-6-10-19(18)25-27-26-23)24-21(29)13-28-20-11-7-5-8-17(20)15(2)12-22(28)30/h4-12,16H,3,13-14H2,1-2H3,(H,24,29)/t16-/m0/s1. The number of nitrogens with zero attached hydrogens (tertiary/aromatic N) is 4. The molecule has 2 aromatic heterocycles. The van der Waals surface area contributed by atoms with E-state index in [2.05, 4.69) is 20.7 Å². The number of pyridine rings is 1. The lowest BCUT2D eigenvalue weighted by atomic mass is 10.1. The van der Waals surface area contributed by atoms with Crippen LogP contribution in [0.3, 0.4) is 0 Å². The van der Waals surface area contributed by atoms with Crippen molar-refractivity contribution in [1.82, 2.24) is 25.3 Å². The first kappa shape index (κ1) is 20.5. The van der Waals surface area contributed by atoms with Gasteiger partial charge in [0.2, 0.25) is 11.8 Å². The molecule has 2 heterocycles. The number of aryl methyl sites for hydroxylation is 1. The number of benzene rings is 2. The maximum Gasteiger partial charge on any atom is 0.251 e. The quantitative estimate of drug-likeness (QED) is 0.496. The minimum absolute atomic E-state index is 0.0614. The van der Waals surface area contributed by atoms with Crippen molar-refractivity contribution in [3.8, 4) is 5.88 Å². The molecule has 1 N–H and O–H groups in total. The fraction of sp³-hybridized carbons (Fsp3) is 0.261. The average molecular weight is 417 g/mol. The first-order chi connectivity index (χ1) is 15.1. The molecular weight excluding hydrogens is 394 g/mol. The fourth-order valence-corrected chi connectivity index (χ4v) is 3.54. The first-order valence-corrected chi connectivity index (χ1v) is 10.2. The van der Waals surface area contributed by atoms with Crippen molar-refractivity contribution in [2.24, 2.45) is 0 Å². The summed E-state index contributed by atoms with van der Waals surface area (Å²) in [6.45, 7) is 4.02. The molecule has 8 nitrogen and oxygen atoms in total. The Morgan fingerprint density at radius 3 is 2.65 bits per heavy atom. The van der Waals surface area contributed by atoms with Crippen LogP contribution >= 0.6 is 0 Å². The molecule has 0 aliphatic heterocycles. The van der Waals surface area contributed by atoms with E-state index in [4.69, 9.17) is 4.74 Å². The van der Waals surface area contributed by atoms with Gasteiger partial charge in [0, 0.05) is 11.5 Å². The lowest BCUT2D eigenvalue weighted by Crippen LogP contribution is -2.41. The van der Waals surface area contributed by atoms with Crippen LogP contribution in [0.5, 0.6) is 5.88 Å². The molecule has 0 radical (unpaired) electrons. The Balaban J connectivity index is 1.46. The molecule has 4 rings (SSSR count). The Bertz CT molecular complexity index is 1300. The minimum atomic E-state index is -0.253. The molecule has 4 aromatic rings. The molecule has 0 unspecified atom stereocenters. The number of rotatable bonds is 7. The second-order valence-corrected chi connectivity index (χ2v) is 7.36. The highest BCUT2D eigenvalue weighted by atomic mass is 16.5. The number of hydrogen-bond acceptors (Lipinski definition) is 6. The smallest absolute Gasteiger partial charge is 0.251 e.